The van der Waals surface area contributed by atoms with Crippen LogP contribution in [-0.2, 0) is 4.79 Å². The molecule has 0 bridgehead atoms. The van der Waals surface area contributed by atoms with Gasteiger partial charge in [-0.3, -0.25) is 9.59 Å². The van der Waals surface area contributed by atoms with Crippen molar-refractivity contribution in [2.45, 2.75) is 44.8 Å². The van der Waals surface area contributed by atoms with Crippen LogP contribution in [-0.4, -0.2) is 24.0 Å². The van der Waals surface area contributed by atoms with Gasteiger partial charge in [-0.2, -0.15) is 13.2 Å². The van der Waals surface area contributed by atoms with E-state index in [1.807, 2.05) is 0 Å². The Balaban J connectivity index is 1.94. The minimum absolute atomic E-state index is 0.0703. The van der Waals surface area contributed by atoms with E-state index in [1.165, 1.54) is 6.92 Å². The molecule has 1 saturated carbocycles. The van der Waals surface area contributed by atoms with Gasteiger partial charge in [0.25, 0.3) is 5.91 Å². The highest BCUT2D eigenvalue weighted by Crippen LogP contribution is 2.37. The van der Waals surface area contributed by atoms with Gasteiger partial charge in [-0.25, -0.2) is 0 Å². The summed E-state index contributed by atoms with van der Waals surface area (Å²) >= 11 is 1.10. The molecule has 2 N–H and O–H groups in total. The fraction of sp³-hybridized carbons (Fsp3) is 0.571. The van der Waals surface area contributed by atoms with Gasteiger partial charge in [0.05, 0.1) is 15.8 Å². The van der Waals surface area contributed by atoms with Crippen LogP contribution in [0.5, 0.6) is 0 Å². The first kappa shape index (κ1) is 16.8. The van der Waals surface area contributed by atoms with Gasteiger partial charge in [0.1, 0.15) is 0 Å². The summed E-state index contributed by atoms with van der Waals surface area (Å²) in [5, 5.41) is 5.76. The van der Waals surface area contributed by atoms with E-state index < -0.39 is 24.0 Å². The SMILES string of the molecule is CC(=O)Nc1ccc(C(=O)NC2CCCC(C(F)(F)F)C2)s1. The van der Waals surface area contributed by atoms with Crippen LogP contribution in [0.25, 0.3) is 0 Å². The third-order valence-electron chi connectivity index (χ3n) is 3.60. The van der Waals surface area contributed by atoms with Crippen LogP contribution in [0.2, 0.25) is 0 Å². The highest BCUT2D eigenvalue weighted by atomic mass is 32.1. The monoisotopic (exact) mass is 334 g/mol. The molecule has 8 heteroatoms. The van der Waals surface area contributed by atoms with Crippen molar-refractivity contribution in [3.05, 3.63) is 17.0 Å². The summed E-state index contributed by atoms with van der Waals surface area (Å²) < 4.78 is 38.2. The Morgan fingerprint density at radius 2 is 2.00 bits per heavy atom. The summed E-state index contributed by atoms with van der Waals surface area (Å²) in [5.74, 6) is -1.98. The van der Waals surface area contributed by atoms with E-state index in [-0.39, 0.29) is 18.7 Å². The highest BCUT2D eigenvalue weighted by Gasteiger charge is 2.42. The van der Waals surface area contributed by atoms with Gasteiger partial charge >= 0.3 is 6.18 Å². The number of thiophene rings is 1. The maximum atomic E-state index is 12.7. The average molecular weight is 334 g/mol. The van der Waals surface area contributed by atoms with E-state index in [0.717, 1.165) is 11.3 Å². The van der Waals surface area contributed by atoms with Crippen molar-refractivity contribution >= 4 is 28.2 Å². The first-order valence-corrected chi connectivity index (χ1v) is 7.82. The smallest absolute Gasteiger partial charge is 0.349 e. The molecule has 0 aromatic carbocycles. The number of amides is 2. The van der Waals surface area contributed by atoms with Crippen molar-refractivity contribution in [1.82, 2.24) is 5.32 Å². The van der Waals surface area contributed by atoms with E-state index in [2.05, 4.69) is 10.6 Å². The lowest BCUT2D eigenvalue weighted by Crippen LogP contribution is -2.41. The van der Waals surface area contributed by atoms with E-state index in [0.29, 0.717) is 22.7 Å². The van der Waals surface area contributed by atoms with E-state index >= 15 is 0 Å². The first-order valence-electron chi connectivity index (χ1n) is 7.00. The van der Waals surface area contributed by atoms with Gasteiger partial charge < -0.3 is 10.6 Å². The fourth-order valence-electron chi connectivity index (χ4n) is 2.58. The number of hydrogen-bond donors (Lipinski definition) is 2. The molecule has 1 aromatic heterocycles. The molecule has 122 valence electrons. The zero-order valence-corrected chi connectivity index (χ0v) is 12.8. The summed E-state index contributed by atoms with van der Waals surface area (Å²) in [6.45, 7) is 1.36. The number of halogens is 3. The second-order valence-electron chi connectivity index (χ2n) is 5.42. The Morgan fingerprint density at radius 1 is 1.27 bits per heavy atom. The molecule has 0 saturated heterocycles. The van der Waals surface area contributed by atoms with E-state index in [4.69, 9.17) is 0 Å². The standard InChI is InChI=1S/C14H17F3N2O2S/c1-8(20)18-12-6-5-11(22-12)13(21)19-10-4-2-3-9(7-10)14(15,16)17/h5-6,9-10H,2-4,7H2,1H3,(H,18,20)(H,19,21). The topological polar surface area (TPSA) is 58.2 Å². The van der Waals surface area contributed by atoms with Crippen molar-refractivity contribution in [1.29, 1.82) is 0 Å². The lowest BCUT2D eigenvalue weighted by atomic mass is 9.85. The van der Waals surface area contributed by atoms with Crippen LogP contribution < -0.4 is 10.6 Å². The van der Waals surface area contributed by atoms with E-state index in [1.54, 1.807) is 12.1 Å². The van der Waals surface area contributed by atoms with Crippen molar-refractivity contribution in [2.24, 2.45) is 5.92 Å². The molecule has 1 aromatic rings. The number of rotatable bonds is 3. The van der Waals surface area contributed by atoms with Crippen LogP contribution in [0.4, 0.5) is 18.2 Å². The van der Waals surface area contributed by atoms with Gasteiger partial charge in [0, 0.05) is 13.0 Å². The van der Waals surface area contributed by atoms with Crippen molar-refractivity contribution in [2.75, 3.05) is 5.32 Å². The molecule has 2 amide bonds. The zero-order valence-electron chi connectivity index (χ0n) is 12.0. The predicted molar refractivity (Wildman–Crippen MR) is 77.9 cm³/mol. The number of carbonyl (C=O) groups excluding carboxylic acids is 2. The largest absolute Gasteiger partial charge is 0.391 e. The second-order valence-corrected chi connectivity index (χ2v) is 6.50. The normalized spacial score (nSPS) is 22.2. The minimum atomic E-state index is -4.20. The van der Waals surface area contributed by atoms with Crippen LogP contribution in [0.3, 0.4) is 0 Å². The zero-order chi connectivity index (χ0) is 16.3. The maximum Gasteiger partial charge on any atom is 0.391 e. The lowest BCUT2D eigenvalue weighted by molar-refractivity contribution is -0.183. The molecule has 0 radical (unpaired) electrons. The van der Waals surface area contributed by atoms with Gasteiger partial charge in [-0.05, 0) is 31.4 Å². The molecule has 1 fully saturated rings. The predicted octanol–water partition coefficient (Wildman–Crippen LogP) is 3.56. The number of nitrogens with one attached hydrogen (secondary N) is 2. The van der Waals surface area contributed by atoms with E-state index in [9.17, 15) is 22.8 Å². The van der Waals surface area contributed by atoms with Crippen LogP contribution in [0, 0.1) is 5.92 Å². The average Bonchev–Trinajstić information content (AvgIpc) is 2.86. The molecule has 0 spiro atoms. The molecule has 22 heavy (non-hydrogen) atoms. The number of hydrogen-bond acceptors (Lipinski definition) is 3. The molecular weight excluding hydrogens is 317 g/mol. The molecule has 2 rings (SSSR count). The van der Waals surface area contributed by atoms with Gasteiger partial charge in [-0.1, -0.05) is 6.42 Å². The summed E-state index contributed by atoms with van der Waals surface area (Å²) in [4.78, 5) is 23.4. The summed E-state index contributed by atoms with van der Waals surface area (Å²) in [6, 6.07) is 2.69. The van der Waals surface area contributed by atoms with Gasteiger partial charge in [-0.15, -0.1) is 11.3 Å². The van der Waals surface area contributed by atoms with Crippen LogP contribution >= 0.6 is 11.3 Å². The first-order chi connectivity index (χ1) is 10.3. The lowest BCUT2D eigenvalue weighted by Gasteiger charge is -2.30. The molecule has 2 atom stereocenters. The molecule has 1 heterocycles. The molecule has 0 aliphatic heterocycles. The van der Waals surface area contributed by atoms with Crippen molar-refractivity contribution in [3.63, 3.8) is 0 Å². The van der Waals surface area contributed by atoms with Crippen LogP contribution in [0.15, 0.2) is 12.1 Å². The third-order valence-corrected chi connectivity index (χ3v) is 4.60. The van der Waals surface area contributed by atoms with Crippen molar-refractivity contribution < 1.29 is 22.8 Å². The molecular formula is C14H17F3N2O2S. The second kappa shape index (κ2) is 6.68. The summed E-state index contributed by atoms with van der Waals surface area (Å²) in [7, 11) is 0. The Kier molecular flexibility index (Phi) is 5.10. The Morgan fingerprint density at radius 3 is 2.64 bits per heavy atom. The number of anilines is 1. The fourth-order valence-corrected chi connectivity index (χ4v) is 3.43. The number of alkyl halides is 3. The van der Waals surface area contributed by atoms with Crippen molar-refractivity contribution in [3.8, 4) is 0 Å². The quantitative estimate of drug-likeness (QED) is 0.888. The Labute approximate surface area is 130 Å². The minimum Gasteiger partial charge on any atom is -0.349 e. The maximum absolute atomic E-state index is 12.7. The third kappa shape index (κ3) is 4.46. The highest BCUT2D eigenvalue weighted by molar-refractivity contribution is 7.18. The Hall–Kier alpha value is -1.57. The molecule has 2 unspecified atom stereocenters. The molecule has 1 aliphatic rings. The van der Waals surface area contributed by atoms with Gasteiger partial charge in [0.2, 0.25) is 5.91 Å². The Bertz CT molecular complexity index is 557. The van der Waals surface area contributed by atoms with Crippen LogP contribution in [0.1, 0.15) is 42.3 Å². The molecule has 1 aliphatic carbocycles. The number of carbonyl (C=O) groups is 2. The van der Waals surface area contributed by atoms with Gasteiger partial charge in [0.15, 0.2) is 0 Å². The summed E-state index contributed by atoms with van der Waals surface area (Å²) in [5.41, 5.74) is 0. The summed E-state index contributed by atoms with van der Waals surface area (Å²) in [6.07, 6.45) is -3.13. The molecule has 4 nitrogen and oxygen atoms in total.